The first-order valence-electron chi connectivity index (χ1n) is 10.6. The zero-order valence-electron chi connectivity index (χ0n) is 17.8. The van der Waals surface area contributed by atoms with Crippen LogP contribution >= 0.6 is 0 Å². The van der Waals surface area contributed by atoms with E-state index in [0.29, 0.717) is 5.75 Å². The van der Waals surface area contributed by atoms with Gasteiger partial charge in [-0.15, -0.1) is 6.58 Å². The summed E-state index contributed by atoms with van der Waals surface area (Å²) in [5, 5.41) is 11.0. The first kappa shape index (κ1) is 21.8. The largest absolute Gasteiger partial charge is 0.508 e. The lowest BCUT2D eigenvalue weighted by Crippen LogP contribution is -2.27. The number of aromatic hydroxyl groups is 1. The number of phenols is 1. The van der Waals surface area contributed by atoms with Gasteiger partial charge in [0.2, 0.25) is 0 Å². The van der Waals surface area contributed by atoms with Crippen LogP contribution < -0.4 is 10.5 Å². The Bertz CT molecular complexity index is 621. The van der Waals surface area contributed by atoms with Gasteiger partial charge in [-0.3, -0.25) is 0 Å². The Balaban J connectivity index is 2.32. The number of phenolic OH excluding ortho intramolecular Hbond substituents is 1. The number of hydrogen-bond donors (Lipinski definition) is 2. The number of allylic oxidation sites excluding steroid dienone is 1. The molecule has 1 aliphatic carbocycles. The highest BCUT2D eigenvalue weighted by Crippen LogP contribution is 2.45. The predicted octanol–water partition coefficient (Wildman–Crippen LogP) is 6.19. The average Bonchev–Trinajstić information content (AvgIpc) is 2.58. The minimum Gasteiger partial charge on any atom is -0.508 e. The zero-order valence-corrected chi connectivity index (χ0v) is 17.8. The Morgan fingerprint density at radius 2 is 2.04 bits per heavy atom. The molecule has 0 aromatic heterocycles. The quantitative estimate of drug-likeness (QED) is 0.401. The molecule has 2 rings (SSSR count). The summed E-state index contributed by atoms with van der Waals surface area (Å²) < 4.78 is 6.18. The Hall–Kier alpha value is -1.48. The summed E-state index contributed by atoms with van der Waals surface area (Å²) in [5.41, 5.74) is 8.32. The second kappa shape index (κ2) is 9.64. The monoisotopic (exact) mass is 373 g/mol. The van der Waals surface area contributed by atoms with E-state index in [1.807, 2.05) is 26.0 Å². The van der Waals surface area contributed by atoms with E-state index >= 15 is 0 Å². The van der Waals surface area contributed by atoms with Crippen LogP contribution in [-0.2, 0) is 5.41 Å². The summed E-state index contributed by atoms with van der Waals surface area (Å²) in [7, 11) is 0. The van der Waals surface area contributed by atoms with E-state index in [1.54, 1.807) is 0 Å². The Kier molecular flexibility index (Phi) is 7.79. The fourth-order valence-corrected chi connectivity index (χ4v) is 4.25. The lowest BCUT2D eigenvalue weighted by Gasteiger charge is -2.32. The third-order valence-electron chi connectivity index (χ3n) is 5.85. The standard InChI is InChI=1S/C24H39NO2/c1-6-7-8-9-13-24(4,5)19-15-21(26)23(22(16-19)27-17(2)3)18-11-10-12-20(25)14-18/h6,15-18,20,26H,1,7-14,25H2,2-5H3. The summed E-state index contributed by atoms with van der Waals surface area (Å²) in [6.07, 6.45) is 10.7. The molecule has 3 heteroatoms. The van der Waals surface area contributed by atoms with E-state index in [2.05, 4.69) is 26.5 Å². The van der Waals surface area contributed by atoms with Gasteiger partial charge in [0.15, 0.2) is 0 Å². The molecule has 3 nitrogen and oxygen atoms in total. The molecule has 1 fully saturated rings. The SMILES string of the molecule is C=CCCCCC(C)(C)c1cc(O)c(C2CCCC(N)C2)c(OC(C)C)c1. The lowest BCUT2D eigenvalue weighted by atomic mass is 9.76. The highest BCUT2D eigenvalue weighted by Gasteiger charge is 2.29. The Morgan fingerprint density at radius 1 is 1.30 bits per heavy atom. The molecule has 1 aliphatic rings. The molecule has 27 heavy (non-hydrogen) atoms. The van der Waals surface area contributed by atoms with E-state index in [9.17, 15) is 5.11 Å². The van der Waals surface area contributed by atoms with Gasteiger partial charge in [-0.25, -0.2) is 0 Å². The van der Waals surface area contributed by atoms with E-state index < -0.39 is 0 Å². The molecule has 0 heterocycles. The number of hydrogen-bond acceptors (Lipinski definition) is 3. The summed E-state index contributed by atoms with van der Waals surface area (Å²) >= 11 is 0. The van der Waals surface area contributed by atoms with E-state index in [4.69, 9.17) is 10.5 Å². The smallest absolute Gasteiger partial charge is 0.127 e. The van der Waals surface area contributed by atoms with Crippen molar-refractivity contribution in [3.05, 3.63) is 35.9 Å². The van der Waals surface area contributed by atoms with Crippen LogP contribution in [-0.4, -0.2) is 17.3 Å². The van der Waals surface area contributed by atoms with Gasteiger partial charge in [0, 0.05) is 11.6 Å². The van der Waals surface area contributed by atoms with Crippen molar-refractivity contribution in [3.8, 4) is 11.5 Å². The van der Waals surface area contributed by atoms with Crippen molar-refractivity contribution in [2.75, 3.05) is 0 Å². The van der Waals surface area contributed by atoms with Crippen LogP contribution in [0.25, 0.3) is 0 Å². The van der Waals surface area contributed by atoms with Gasteiger partial charge in [0.05, 0.1) is 6.10 Å². The molecule has 2 atom stereocenters. The van der Waals surface area contributed by atoms with Gasteiger partial charge >= 0.3 is 0 Å². The van der Waals surface area contributed by atoms with Crippen molar-refractivity contribution >= 4 is 0 Å². The van der Waals surface area contributed by atoms with Gasteiger partial charge in [-0.1, -0.05) is 32.8 Å². The maximum atomic E-state index is 11.0. The van der Waals surface area contributed by atoms with E-state index in [0.717, 1.165) is 68.2 Å². The second-order valence-electron chi connectivity index (χ2n) is 9.12. The third kappa shape index (κ3) is 6.00. The van der Waals surface area contributed by atoms with Crippen LogP contribution in [0, 0.1) is 0 Å². The molecule has 1 aromatic carbocycles. The maximum Gasteiger partial charge on any atom is 0.127 e. The molecule has 2 unspecified atom stereocenters. The molecular formula is C24H39NO2. The van der Waals surface area contributed by atoms with Crippen molar-refractivity contribution in [3.63, 3.8) is 0 Å². The number of benzene rings is 1. The van der Waals surface area contributed by atoms with Crippen LogP contribution in [0.5, 0.6) is 11.5 Å². The van der Waals surface area contributed by atoms with Crippen molar-refractivity contribution in [1.82, 2.24) is 0 Å². The molecule has 0 radical (unpaired) electrons. The molecule has 152 valence electrons. The van der Waals surface area contributed by atoms with E-state index in [1.165, 1.54) is 0 Å². The van der Waals surface area contributed by atoms with Gasteiger partial charge in [-0.2, -0.15) is 0 Å². The van der Waals surface area contributed by atoms with Crippen molar-refractivity contribution in [2.24, 2.45) is 5.73 Å². The van der Waals surface area contributed by atoms with Gasteiger partial charge in [0.1, 0.15) is 11.5 Å². The Morgan fingerprint density at radius 3 is 2.67 bits per heavy atom. The molecular weight excluding hydrogens is 334 g/mol. The number of unbranched alkanes of at least 4 members (excludes halogenated alkanes) is 2. The molecule has 3 N–H and O–H groups in total. The average molecular weight is 374 g/mol. The molecule has 0 saturated heterocycles. The number of rotatable bonds is 9. The minimum absolute atomic E-state index is 0.00473. The van der Waals surface area contributed by atoms with Gasteiger partial charge in [0.25, 0.3) is 0 Å². The van der Waals surface area contributed by atoms with Crippen LogP contribution in [0.3, 0.4) is 0 Å². The predicted molar refractivity (Wildman–Crippen MR) is 115 cm³/mol. The van der Waals surface area contributed by atoms with Crippen molar-refractivity contribution in [1.29, 1.82) is 0 Å². The number of nitrogens with two attached hydrogens (primary N) is 1. The summed E-state index contributed by atoms with van der Waals surface area (Å²) in [6, 6.07) is 4.36. The molecule has 0 spiro atoms. The van der Waals surface area contributed by atoms with Crippen LogP contribution in [0.1, 0.15) is 96.1 Å². The third-order valence-corrected chi connectivity index (χ3v) is 5.85. The summed E-state index contributed by atoms with van der Waals surface area (Å²) in [4.78, 5) is 0. The highest BCUT2D eigenvalue weighted by atomic mass is 16.5. The van der Waals surface area contributed by atoms with Crippen LogP contribution in [0.15, 0.2) is 24.8 Å². The topological polar surface area (TPSA) is 55.5 Å². The number of ether oxygens (including phenoxy) is 1. The highest BCUT2D eigenvalue weighted by molar-refractivity contribution is 5.51. The summed E-state index contributed by atoms with van der Waals surface area (Å²) in [5.74, 6) is 1.51. The molecule has 1 aromatic rings. The van der Waals surface area contributed by atoms with Crippen molar-refractivity contribution < 1.29 is 9.84 Å². The molecule has 0 aliphatic heterocycles. The van der Waals surface area contributed by atoms with Gasteiger partial charge < -0.3 is 15.6 Å². The second-order valence-corrected chi connectivity index (χ2v) is 9.12. The van der Waals surface area contributed by atoms with Crippen LogP contribution in [0.4, 0.5) is 0 Å². The molecule has 0 bridgehead atoms. The zero-order chi connectivity index (χ0) is 20.0. The normalized spacial score (nSPS) is 20.7. The summed E-state index contributed by atoms with van der Waals surface area (Å²) in [6.45, 7) is 12.4. The first-order valence-corrected chi connectivity index (χ1v) is 10.6. The van der Waals surface area contributed by atoms with Gasteiger partial charge in [-0.05, 0) is 81.4 Å². The molecule has 1 saturated carbocycles. The maximum absolute atomic E-state index is 11.0. The fraction of sp³-hybridized carbons (Fsp3) is 0.667. The molecule has 0 amide bonds. The minimum atomic E-state index is -0.00473. The van der Waals surface area contributed by atoms with Crippen molar-refractivity contribution in [2.45, 2.75) is 103 Å². The van der Waals surface area contributed by atoms with E-state index in [-0.39, 0.29) is 23.5 Å². The first-order chi connectivity index (χ1) is 12.7. The Labute approximate surface area is 166 Å². The van der Waals surface area contributed by atoms with Crippen LogP contribution in [0.2, 0.25) is 0 Å². The lowest BCUT2D eigenvalue weighted by molar-refractivity contribution is 0.233. The fourth-order valence-electron chi connectivity index (χ4n) is 4.25.